The highest BCUT2D eigenvalue weighted by Gasteiger charge is 2.14. The Labute approximate surface area is 104 Å². The van der Waals surface area contributed by atoms with Gasteiger partial charge in [-0.2, -0.15) is 0 Å². The van der Waals surface area contributed by atoms with E-state index >= 15 is 0 Å². The van der Waals surface area contributed by atoms with E-state index in [4.69, 9.17) is 17.2 Å². The summed E-state index contributed by atoms with van der Waals surface area (Å²) < 4.78 is 13.7. The summed E-state index contributed by atoms with van der Waals surface area (Å²) in [4.78, 5) is 23.0. The summed E-state index contributed by atoms with van der Waals surface area (Å²) in [6.45, 7) is -0.336. The first-order valence-electron chi connectivity index (χ1n) is 5.22. The Hall–Kier alpha value is -2.15. The minimum absolute atomic E-state index is 0.00519. The lowest BCUT2D eigenvalue weighted by atomic mass is 10.1. The van der Waals surface area contributed by atoms with Crippen molar-refractivity contribution in [2.75, 3.05) is 18.8 Å². The van der Waals surface area contributed by atoms with Gasteiger partial charge in [0.05, 0.1) is 18.8 Å². The van der Waals surface area contributed by atoms with Gasteiger partial charge in [0.25, 0.3) is 0 Å². The fraction of sp³-hybridized carbons (Fsp3) is 0.273. The van der Waals surface area contributed by atoms with Crippen molar-refractivity contribution in [3.63, 3.8) is 0 Å². The maximum absolute atomic E-state index is 13.7. The molecule has 0 fully saturated rings. The summed E-state index contributed by atoms with van der Waals surface area (Å²) in [6, 6.07) is 4.52. The number of hydrogen-bond acceptors (Lipinski definition) is 4. The van der Waals surface area contributed by atoms with Crippen LogP contribution in [-0.4, -0.2) is 29.8 Å². The molecular weight excluding hydrogens is 239 g/mol. The number of nitrogen functional groups attached to an aromatic ring is 1. The van der Waals surface area contributed by atoms with Gasteiger partial charge in [0.2, 0.25) is 11.8 Å². The first-order valence-corrected chi connectivity index (χ1v) is 5.22. The summed E-state index contributed by atoms with van der Waals surface area (Å²) in [5.41, 5.74) is 15.8. The molecule has 0 aromatic heterocycles. The Balaban J connectivity index is 2.84. The van der Waals surface area contributed by atoms with Crippen LogP contribution in [0.3, 0.4) is 0 Å². The lowest BCUT2D eigenvalue weighted by Gasteiger charge is -2.19. The minimum atomic E-state index is -0.624. The van der Waals surface area contributed by atoms with E-state index in [2.05, 4.69) is 0 Å². The molecule has 0 aliphatic carbocycles. The van der Waals surface area contributed by atoms with Crippen molar-refractivity contribution in [1.82, 2.24) is 4.90 Å². The van der Waals surface area contributed by atoms with Crippen LogP contribution >= 0.6 is 0 Å². The van der Waals surface area contributed by atoms with E-state index < -0.39 is 17.6 Å². The van der Waals surface area contributed by atoms with Gasteiger partial charge in [-0.05, 0) is 6.07 Å². The zero-order chi connectivity index (χ0) is 13.7. The second kappa shape index (κ2) is 5.97. The molecule has 7 heteroatoms. The van der Waals surface area contributed by atoms with Crippen molar-refractivity contribution in [1.29, 1.82) is 0 Å². The molecule has 0 unspecified atom stereocenters. The Bertz CT molecular complexity index is 448. The van der Waals surface area contributed by atoms with Crippen LogP contribution in [0, 0.1) is 5.82 Å². The van der Waals surface area contributed by atoms with Gasteiger partial charge in [-0.25, -0.2) is 4.39 Å². The van der Waals surface area contributed by atoms with E-state index in [0.29, 0.717) is 0 Å². The second-order valence-corrected chi connectivity index (χ2v) is 3.90. The topological polar surface area (TPSA) is 115 Å². The van der Waals surface area contributed by atoms with Crippen molar-refractivity contribution in [3.05, 3.63) is 29.6 Å². The molecule has 2 amide bonds. The predicted octanol–water partition coefficient (Wildman–Crippen LogP) is -0.819. The molecule has 6 N–H and O–H groups in total. The number of benzene rings is 1. The maximum atomic E-state index is 13.7. The standard InChI is InChI=1S/C11H15FN4O2/c12-11-7(2-1-3-8(11)13)4-16(5-9(14)17)6-10(15)18/h1-3H,4-6,13H2,(H2,14,17)(H2,15,18). The third-order valence-corrected chi connectivity index (χ3v) is 2.26. The molecule has 0 atom stereocenters. The largest absolute Gasteiger partial charge is 0.396 e. The van der Waals surface area contributed by atoms with E-state index in [1.54, 1.807) is 6.07 Å². The number of rotatable bonds is 6. The minimum Gasteiger partial charge on any atom is -0.396 e. The van der Waals surface area contributed by atoms with Crippen LogP contribution < -0.4 is 17.2 Å². The highest BCUT2D eigenvalue weighted by Crippen LogP contribution is 2.16. The predicted molar refractivity (Wildman–Crippen MR) is 64.5 cm³/mol. The van der Waals surface area contributed by atoms with Crippen LogP contribution in [0.5, 0.6) is 0 Å². The lowest BCUT2D eigenvalue weighted by Crippen LogP contribution is -2.39. The summed E-state index contributed by atoms with van der Waals surface area (Å²) in [6.07, 6.45) is 0. The molecule has 0 spiro atoms. The number of amides is 2. The first kappa shape index (κ1) is 13.9. The highest BCUT2D eigenvalue weighted by molar-refractivity contribution is 5.79. The first-order chi connectivity index (χ1) is 8.40. The molecule has 0 heterocycles. The van der Waals surface area contributed by atoms with Crippen LogP contribution in [0.1, 0.15) is 5.56 Å². The van der Waals surface area contributed by atoms with E-state index in [-0.39, 0.29) is 30.9 Å². The van der Waals surface area contributed by atoms with Gasteiger partial charge in [0, 0.05) is 12.1 Å². The molecule has 1 aromatic rings. The highest BCUT2D eigenvalue weighted by atomic mass is 19.1. The number of nitrogens with two attached hydrogens (primary N) is 3. The molecule has 0 radical (unpaired) electrons. The Morgan fingerprint density at radius 2 is 1.72 bits per heavy atom. The molecule has 0 aliphatic heterocycles. The van der Waals surface area contributed by atoms with Gasteiger partial charge in [-0.3, -0.25) is 14.5 Å². The zero-order valence-electron chi connectivity index (χ0n) is 9.73. The summed E-state index contributed by atoms with van der Waals surface area (Å²) in [5.74, 6) is -1.82. The average Bonchev–Trinajstić information content (AvgIpc) is 2.23. The Morgan fingerprint density at radius 3 is 2.22 bits per heavy atom. The van der Waals surface area contributed by atoms with Crippen LogP contribution in [0.2, 0.25) is 0 Å². The van der Waals surface area contributed by atoms with Gasteiger partial charge in [0.1, 0.15) is 0 Å². The van der Waals surface area contributed by atoms with Gasteiger partial charge in [-0.1, -0.05) is 12.1 Å². The molecule has 98 valence electrons. The van der Waals surface area contributed by atoms with Crippen molar-refractivity contribution < 1.29 is 14.0 Å². The van der Waals surface area contributed by atoms with Crippen LogP contribution in [0.15, 0.2) is 18.2 Å². The molecule has 0 saturated carbocycles. The van der Waals surface area contributed by atoms with Crippen molar-refractivity contribution >= 4 is 17.5 Å². The number of anilines is 1. The Morgan fingerprint density at radius 1 is 1.17 bits per heavy atom. The van der Waals surface area contributed by atoms with E-state index in [1.165, 1.54) is 17.0 Å². The van der Waals surface area contributed by atoms with Crippen molar-refractivity contribution in [3.8, 4) is 0 Å². The normalized spacial score (nSPS) is 10.6. The average molecular weight is 254 g/mol. The summed E-state index contributed by atoms with van der Waals surface area (Å²) in [7, 11) is 0. The number of halogens is 1. The molecule has 0 aliphatic rings. The molecule has 6 nitrogen and oxygen atoms in total. The molecular formula is C11H15FN4O2. The maximum Gasteiger partial charge on any atom is 0.231 e. The SMILES string of the molecule is NC(=O)CN(CC(N)=O)Cc1cccc(N)c1F. The fourth-order valence-electron chi connectivity index (χ4n) is 1.57. The number of carbonyl (C=O) groups excluding carboxylic acids is 2. The quantitative estimate of drug-likeness (QED) is 0.575. The van der Waals surface area contributed by atoms with Gasteiger partial charge >= 0.3 is 0 Å². The van der Waals surface area contributed by atoms with Gasteiger partial charge < -0.3 is 17.2 Å². The second-order valence-electron chi connectivity index (χ2n) is 3.90. The van der Waals surface area contributed by atoms with Crippen LogP contribution in [0.4, 0.5) is 10.1 Å². The van der Waals surface area contributed by atoms with Crippen molar-refractivity contribution in [2.24, 2.45) is 11.5 Å². The third kappa shape index (κ3) is 4.02. The number of primary amides is 2. The van der Waals surface area contributed by atoms with E-state index in [0.717, 1.165) is 0 Å². The monoisotopic (exact) mass is 254 g/mol. The number of hydrogen-bond donors (Lipinski definition) is 3. The zero-order valence-corrected chi connectivity index (χ0v) is 9.73. The Kier molecular flexibility index (Phi) is 4.61. The smallest absolute Gasteiger partial charge is 0.231 e. The molecule has 18 heavy (non-hydrogen) atoms. The van der Waals surface area contributed by atoms with Gasteiger partial charge in [0.15, 0.2) is 5.82 Å². The molecule has 1 rings (SSSR count). The fourth-order valence-corrected chi connectivity index (χ4v) is 1.57. The van der Waals surface area contributed by atoms with Crippen LogP contribution in [0.25, 0.3) is 0 Å². The van der Waals surface area contributed by atoms with E-state index in [9.17, 15) is 14.0 Å². The van der Waals surface area contributed by atoms with Gasteiger partial charge in [-0.15, -0.1) is 0 Å². The molecule has 0 saturated heterocycles. The van der Waals surface area contributed by atoms with Crippen LogP contribution in [-0.2, 0) is 16.1 Å². The van der Waals surface area contributed by atoms with E-state index in [1.807, 2.05) is 0 Å². The van der Waals surface area contributed by atoms with Crippen molar-refractivity contribution in [2.45, 2.75) is 6.54 Å². The lowest BCUT2D eigenvalue weighted by molar-refractivity contribution is -0.122. The number of carbonyl (C=O) groups is 2. The molecule has 1 aromatic carbocycles. The molecule has 0 bridgehead atoms. The summed E-state index contributed by atoms with van der Waals surface area (Å²) in [5, 5.41) is 0. The number of nitrogens with zero attached hydrogens (tertiary/aromatic N) is 1. The summed E-state index contributed by atoms with van der Waals surface area (Å²) >= 11 is 0. The third-order valence-electron chi connectivity index (χ3n) is 2.26.